The first kappa shape index (κ1) is 13.3. The third kappa shape index (κ3) is 3.07. The van der Waals surface area contributed by atoms with Crippen molar-refractivity contribution in [2.24, 2.45) is 5.92 Å². The lowest BCUT2D eigenvalue weighted by Gasteiger charge is -2.16. The van der Waals surface area contributed by atoms with Crippen molar-refractivity contribution in [3.63, 3.8) is 0 Å². The van der Waals surface area contributed by atoms with Crippen molar-refractivity contribution >= 4 is 11.6 Å². The number of fused-ring (bicyclic) bond motifs is 1. The van der Waals surface area contributed by atoms with Gasteiger partial charge in [0.05, 0.1) is 12.3 Å². The van der Waals surface area contributed by atoms with Gasteiger partial charge >= 0.3 is 0 Å². The van der Waals surface area contributed by atoms with Gasteiger partial charge in [0.2, 0.25) is 0 Å². The number of nitrogens with one attached hydrogen (secondary N) is 1. The van der Waals surface area contributed by atoms with Crippen LogP contribution in [0.5, 0.6) is 0 Å². The average Bonchev–Trinajstić information content (AvgIpc) is 3.13. The maximum Gasteiger partial charge on any atom is 0.254 e. The molecule has 0 amide bonds. The molecule has 1 saturated carbocycles. The zero-order valence-electron chi connectivity index (χ0n) is 12.0. The Morgan fingerprint density at radius 3 is 3.10 bits per heavy atom. The Bertz CT molecular complexity index is 578. The quantitative estimate of drug-likeness (QED) is 0.839. The maximum atomic E-state index is 5.15. The van der Waals surface area contributed by atoms with Gasteiger partial charge in [-0.25, -0.2) is 4.98 Å². The van der Waals surface area contributed by atoms with Crippen LogP contribution < -0.4 is 5.32 Å². The highest BCUT2D eigenvalue weighted by Gasteiger charge is 2.21. The second kappa shape index (κ2) is 5.75. The third-order valence-electron chi connectivity index (χ3n) is 3.70. The molecule has 1 unspecified atom stereocenters. The highest BCUT2D eigenvalue weighted by Crippen LogP contribution is 2.34. The van der Waals surface area contributed by atoms with Crippen molar-refractivity contribution in [1.82, 2.24) is 19.6 Å². The summed E-state index contributed by atoms with van der Waals surface area (Å²) in [6, 6.07) is 2.40. The highest BCUT2D eigenvalue weighted by atomic mass is 16.5. The number of aromatic nitrogens is 4. The monoisotopic (exact) mass is 275 g/mol. The van der Waals surface area contributed by atoms with E-state index in [1.54, 1.807) is 11.6 Å². The van der Waals surface area contributed by atoms with Gasteiger partial charge in [0.15, 0.2) is 0 Å². The normalized spacial score (nSPS) is 16.5. The number of ether oxygens (including phenoxy) is 1. The van der Waals surface area contributed by atoms with Gasteiger partial charge in [-0.3, -0.25) is 0 Å². The molecule has 0 saturated heterocycles. The molecule has 108 valence electrons. The summed E-state index contributed by atoms with van der Waals surface area (Å²) in [5.41, 5.74) is 0.866. The zero-order chi connectivity index (χ0) is 13.9. The average molecular weight is 275 g/mol. The van der Waals surface area contributed by atoms with Crippen LogP contribution in [-0.2, 0) is 11.3 Å². The van der Waals surface area contributed by atoms with Crippen LogP contribution in [0.2, 0.25) is 0 Å². The molecular weight excluding hydrogens is 254 g/mol. The molecule has 0 aromatic carbocycles. The molecular formula is C14H21N5O. The molecule has 2 aromatic rings. The smallest absolute Gasteiger partial charge is 0.254 e. The Labute approximate surface area is 118 Å². The molecule has 3 rings (SSSR count). The molecule has 1 fully saturated rings. The summed E-state index contributed by atoms with van der Waals surface area (Å²) in [5, 5.41) is 7.74. The molecule has 6 nitrogen and oxygen atoms in total. The van der Waals surface area contributed by atoms with Crippen molar-refractivity contribution < 1.29 is 4.74 Å². The van der Waals surface area contributed by atoms with Crippen molar-refractivity contribution in [3.8, 4) is 0 Å². The van der Waals surface area contributed by atoms with Crippen molar-refractivity contribution in [2.75, 3.05) is 12.4 Å². The number of methoxy groups -OCH3 is 1. The van der Waals surface area contributed by atoms with E-state index in [4.69, 9.17) is 4.74 Å². The van der Waals surface area contributed by atoms with Crippen LogP contribution in [-0.4, -0.2) is 32.7 Å². The SMILES string of the molecule is COCc1cc(NC(C)CCC2CC2)n2ncnc2n1. The minimum atomic E-state index is 0.417. The van der Waals surface area contributed by atoms with E-state index in [1.165, 1.54) is 32.0 Å². The van der Waals surface area contributed by atoms with E-state index in [0.29, 0.717) is 18.4 Å². The Morgan fingerprint density at radius 2 is 2.35 bits per heavy atom. The molecule has 6 heteroatoms. The Morgan fingerprint density at radius 1 is 1.50 bits per heavy atom. The molecule has 1 aliphatic carbocycles. The van der Waals surface area contributed by atoms with E-state index in [-0.39, 0.29) is 0 Å². The summed E-state index contributed by atoms with van der Waals surface area (Å²) in [6.07, 6.45) is 6.84. The predicted molar refractivity (Wildman–Crippen MR) is 76.5 cm³/mol. The zero-order valence-corrected chi connectivity index (χ0v) is 12.0. The van der Waals surface area contributed by atoms with E-state index >= 15 is 0 Å². The number of rotatable bonds is 7. The van der Waals surface area contributed by atoms with Crippen LogP contribution >= 0.6 is 0 Å². The predicted octanol–water partition coefficient (Wildman–Crippen LogP) is 2.26. The molecule has 0 bridgehead atoms. The fourth-order valence-corrected chi connectivity index (χ4v) is 2.40. The summed E-state index contributed by atoms with van der Waals surface area (Å²) in [7, 11) is 1.67. The van der Waals surface area contributed by atoms with Gasteiger partial charge in [-0.15, -0.1) is 0 Å². The third-order valence-corrected chi connectivity index (χ3v) is 3.70. The number of hydrogen-bond donors (Lipinski definition) is 1. The van der Waals surface area contributed by atoms with Crippen LogP contribution in [0.3, 0.4) is 0 Å². The largest absolute Gasteiger partial charge is 0.378 e. The fourth-order valence-electron chi connectivity index (χ4n) is 2.40. The van der Waals surface area contributed by atoms with Crippen LogP contribution in [0.25, 0.3) is 5.78 Å². The van der Waals surface area contributed by atoms with Crippen molar-refractivity contribution in [3.05, 3.63) is 18.1 Å². The van der Waals surface area contributed by atoms with Gasteiger partial charge in [-0.05, 0) is 25.7 Å². The van der Waals surface area contributed by atoms with Gasteiger partial charge in [0.25, 0.3) is 5.78 Å². The summed E-state index contributed by atoms with van der Waals surface area (Å²) < 4.78 is 6.90. The Balaban J connectivity index is 1.75. The first-order chi connectivity index (χ1) is 9.76. The van der Waals surface area contributed by atoms with Gasteiger partial charge in [-0.1, -0.05) is 12.8 Å². The minimum Gasteiger partial charge on any atom is -0.378 e. The highest BCUT2D eigenvalue weighted by molar-refractivity contribution is 5.45. The molecule has 2 aromatic heterocycles. The van der Waals surface area contributed by atoms with Gasteiger partial charge in [0.1, 0.15) is 12.1 Å². The Kier molecular flexibility index (Phi) is 3.82. The van der Waals surface area contributed by atoms with Crippen LogP contribution in [0, 0.1) is 5.92 Å². The van der Waals surface area contributed by atoms with Gasteiger partial charge in [-0.2, -0.15) is 14.6 Å². The van der Waals surface area contributed by atoms with Gasteiger partial charge < -0.3 is 10.1 Å². The lowest BCUT2D eigenvalue weighted by molar-refractivity contribution is 0.181. The first-order valence-electron chi connectivity index (χ1n) is 7.21. The molecule has 20 heavy (non-hydrogen) atoms. The molecule has 0 spiro atoms. The number of hydrogen-bond acceptors (Lipinski definition) is 5. The lowest BCUT2D eigenvalue weighted by Crippen LogP contribution is -2.18. The van der Waals surface area contributed by atoms with Crippen LogP contribution in [0.15, 0.2) is 12.4 Å². The van der Waals surface area contributed by atoms with E-state index < -0.39 is 0 Å². The fraction of sp³-hybridized carbons (Fsp3) is 0.643. The van der Waals surface area contributed by atoms with Crippen LogP contribution in [0.4, 0.5) is 5.82 Å². The molecule has 1 aliphatic rings. The van der Waals surface area contributed by atoms with Crippen LogP contribution in [0.1, 0.15) is 38.3 Å². The lowest BCUT2D eigenvalue weighted by atomic mass is 10.1. The molecule has 1 N–H and O–H groups in total. The summed E-state index contributed by atoms with van der Waals surface area (Å²) >= 11 is 0. The summed E-state index contributed by atoms with van der Waals surface area (Å²) in [6.45, 7) is 2.69. The maximum absolute atomic E-state index is 5.15. The molecule has 2 heterocycles. The molecule has 1 atom stereocenters. The minimum absolute atomic E-state index is 0.417. The number of nitrogens with zero attached hydrogens (tertiary/aromatic N) is 4. The summed E-state index contributed by atoms with van der Waals surface area (Å²) in [4.78, 5) is 8.56. The molecule has 0 aliphatic heterocycles. The van der Waals surface area contributed by atoms with E-state index in [2.05, 4.69) is 27.3 Å². The standard InChI is InChI=1S/C14H21N5O/c1-10(3-4-11-5-6-11)17-13-7-12(8-20-2)18-14-15-9-16-19(13)14/h7,9-11,17H,3-6,8H2,1-2H3. The van der Waals surface area contributed by atoms with Gasteiger partial charge in [0, 0.05) is 19.2 Å². The Hall–Kier alpha value is -1.69. The van der Waals surface area contributed by atoms with Crippen molar-refractivity contribution in [2.45, 2.75) is 45.3 Å². The topological polar surface area (TPSA) is 64.3 Å². The number of anilines is 1. The van der Waals surface area contributed by atoms with Crippen molar-refractivity contribution in [1.29, 1.82) is 0 Å². The second-order valence-corrected chi connectivity index (χ2v) is 5.60. The molecule has 0 radical (unpaired) electrons. The van der Waals surface area contributed by atoms with E-state index in [9.17, 15) is 0 Å². The van der Waals surface area contributed by atoms with E-state index in [0.717, 1.165) is 17.4 Å². The first-order valence-corrected chi connectivity index (χ1v) is 7.21. The second-order valence-electron chi connectivity index (χ2n) is 5.60. The summed E-state index contributed by atoms with van der Waals surface area (Å²) in [5.74, 6) is 2.51. The van der Waals surface area contributed by atoms with E-state index in [1.807, 2.05) is 6.07 Å².